The number of hydrogen-bond acceptors (Lipinski definition) is 2. The summed E-state index contributed by atoms with van der Waals surface area (Å²) in [5.41, 5.74) is 6.41. The molecule has 16 heavy (non-hydrogen) atoms. The van der Waals surface area contributed by atoms with E-state index in [0.29, 0.717) is 0 Å². The van der Waals surface area contributed by atoms with E-state index in [2.05, 4.69) is 0 Å². The van der Waals surface area contributed by atoms with Crippen LogP contribution in [0, 0.1) is 5.82 Å². The molecule has 1 aromatic rings. The minimum atomic E-state index is -0.520. The minimum absolute atomic E-state index is 0.112. The second-order valence-corrected chi connectivity index (χ2v) is 3.97. The van der Waals surface area contributed by atoms with Gasteiger partial charge in [-0.1, -0.05) is 12.1 Å². The smallest absolute Gasteiger partial charge is 0.239 e. The van der Waals surface area contributed by atoms with E-state index in [1.54, 1.807) is 31.0 Å². The highest BCUT2D eigenvalue weighted by atomic mass is 19.1. The Morgan fingerprint density at radius 3 is 2.25 bits per heavy atom. The van der Waals surface area contributed by atoms with Crippen molar-refractivity contribution in [3.63, 3.8) is 0 Å². The van der Waals surface area contributed by atoms with Crippen molar-refractivity contribution in [2.45, 2.75) is 25.9 Å². The van der Waals surface area contributed by atoms with Gasteiger partial charge in [-0.15, -0.1) is 0 Å². The molecule has 0 radical (unpaired) electrons. The first-order valence-electron chi connectivity index (χ1n) is 5.21. The Morgan fingerprint density at radius 2 is 1.81 bits per heavy atom. The van der Waals surface area contributed by atoms with Crippen LogP contribution in [0.1, 0.15) is 25.5 Å². The predicted molar refractivity (Wildman–Crippen MR) is 61.2 cm³/mol. The van der Waals surface area contributed by atoms with Gasteiger partial charge >= 0.3 is 0 Å². The molecule has 1 amide bonds. The summed E-state index contributed by atoms with van der Waals surface area (Å²) in [6, 6.07) is 5.48. The van der Waals surface area contributed by atoms with E-state index >= 15 is 0 Å². The van der Waals surface area contributed by atoms with Crippen molar-refractivity contribution in [1.82, 2.24) is 4.90 Å². The second-order valence-electron chi connectivity index (χ2n) is 3.97. The van der Waals surface area contributed by atoms with Gasteiger partial charge in [0.2, 0.25) is 5.91 Å². The Hall–Kier alpha value is -1.42. The predicted octanol–water partition coefficient (Wildman–Crippen LogP) is 1.69. The molecule has 2 N–H and O–H groups in total. The van der Waals surface area contributed by atoms with Gasteiger partial charge in [-0.25, -0.2) is 4.39 Å². The molecule has 0 aromatic heterocycles. The van der Waals surface area contributed by atoms with Gasteiger partial charge in [-0.2, -0.15) is 0 Å². The fraction of sp³-hybridized carbons (Fsp3) is 0.417. The number of benzene rings is 1. The lowest BCUT2D eigenvalue weighted by atomic mass is 10.1. The molecule has 88 valence electrons. The van der Waals surface area contributed by atoms with Crippen LogP contribution in [0.25, 0.3) is 0 Å². The highest BCUT2D eigenvalue weighted by Crippen LogP contribution is 2.19. The number of carbonyl (C=O) groups is 1. The summed E-state index contributed by atoms with van der Waals surface area (Å²) in [5.74, 6) is -0.408. The van der Waals surface area contributed by atoms with Crippen LogP contribution in [0.5, 0.6) is 0 Å². The first kappa shape index (κ1) is 12.6. The summed E-state index contributed by atoms with van der Waals surface area (Å²) in [6.07, 6.45) is 0. The molecule has 2 unspecified atom stereocenters. The number of nitrogens with two attached hydrogens (primary N) is 1. The first-order chi connectivity index (χ1) is 7.43. The molecule has 0 spiro atoms. The number of amides is 1. The number of nitrogens with zero attached hydrogens (tertiary/aromatic N) is 1. The van der Waals surface area contributed by atoms with Gasteiger partial charge in [0.25, 0.3) is 0 Å². The average molecular weight is 224 g/mol. The van der Waals surface area contributed by atoms with Crippen molar-refractivity contribution in [2.24, 2.45) is 5.73 Å². The van der Waals surface area contributed by atoms with Gasteiger partial charge in [0, 0.05) is 7.05 Å². The monoisotopic (exact) mass is 224 g/mol. The van der Waals surface area contributed by atoms with Crippen LogP contribution < -0.4 is 5.73 Å². The maximum Gasteiger partial charge on any atom is 0.239 e. The molecule has 1 aromatic carbocycles. The number of likely N-dealkylation sites (N-methyl/N-ethyl adjacent to an activating group) is 1. The number of rotatable bonds is 3. The number of hydrogen-bond donors (Lipinski definition) is 1. The van der Waals surface area contributed by atoms with Gasteiger partial charge in [-0.3, -0.25) is 4.79 Å². The summed E-state index contributed by atoms with van der Waals surface area (Å²) < 4.78 is 12.7. The lowest BCUT2D eigenvalue weighted by molar-refractivity contribution is -0.132. The van der Waals surface area contributed by atoms with E-state index in [-0.39, 0.29) is 17.8 Å². The Labute approximate surface area is 95.0 Å². The second kappa shape index (κ2) is 5.07. The van der Waals surface area contributed by atoms with Gasteiger partial charge in [0.1, 0.15) is 5.82 Å². The number of carbonyl (C=O) groups excluding carboxylic acids is 1. The quantitative estimate of drug-likeness (QED) is 0.849. The molecule has 0 bridgehead atoms. The van der Waals surface area contributed by atoms with Crippen LogP contribution in [-0.4, -0.2) is 23.9 Å². The standard InChI is InChI=1S/C12H17FN2O/c1-8(14)12(16)15(3)9(2)10-4-6-11(13)7-5-10/h4-9H,14H2,1-3H3. The molecule has 0 aliphatic carbocycles. The van der Waals surface area contributed by atoms with E-state index in [1.807, 2.05) is 6.92 Å². The third-order valence-corrected chi connectivity index (χ3v) is 2.67. The topological polar surface area (TPSA) is 46.3 Å². The fourth-order valence-electron chi connectivity index (χ4n) is 1.48. The third kappa shape index (κ3) is 2.79. The zero-order valence-corrected chi connectivity index (χ0v) is 9.77. The van der Waals surface area contributed by atoms with Gasteiger partial charge in [0.05, 0.1) is 12.1 Å². The van der Waals surface area contributed by atoms with Crippen molar-refractivity contribution in [1.29, 1.82) is 0 Å². The molecule has 4 heteroatoms. The van der Waals surface area contributed by atoms with E-state index in [4.69, 9.17) is 5.73 Å². The minimum Gasteiger partial charge on any atom is -0.338 e. The van der Waals surface area contributed by atoms with E-state index in [9.17, 15) is 9.18 Å². The lowest BCUT2D eigenvalue weighted by Gasteiger charge is -2.26. The van der Waals surface area contributed by atoms with Crippen molar-refractivity contribution >= 4 is 5.91 Å². The number of halogens is 1. The van der Waals surface area contributed by atoms with Gasteiger partial charge in [-0.05, 0) is 31.5 Å². The molecule has 0 saturated heterocycles. The lowest BCUT2D eigenvalue weighted by Crippen LogP contribution is -2.40. The average Bonchev–Trinajstić information content (AvgIpc) is 2.27. The Morgan fingerprint density at radius 1 is 1.31 bits per heavy atom. The van der Waals surface area contributed by atoms with Crippen molar-refractivity contribution in [3.05, 3.63) is 35.6 Å². The SMILES string of the molecule is CC(N)C(=O)N(C)C(C)c1ccc(F)cc1. The highest BCUT2D eigenvalue weighted by molar-refractivity contribution is 5.81. The van der Waals surface area contributed by atoms with Gasteiger partial charge in [0.15, 0.2) is 0 Å². The van der Waals surface area contributed by atoms with Crippen LogP contribution in [0.15, 0.2) is 24.3 Å². The summed E-state index contributed by atoms with van der Waals surface area (Å²) >= 11 is 0. The molecule has 3 nitrogen and oxygen atoms in total. The molecule has 0 aliphatic rings. The summed E-state index contributed by atoms with van der Waals surface area (Å²) in [4.78, 5) is 13.2. The van der Waals surface area contributed by atoms with Crippen LogP contribution in [-0.2, 0) is 4.79 Å². The summed E-state index contributed by atoms with van der Waals surface area (Å²) in [5, 5.41) is 0. The van der Waals surface area contributed by atoms with E-state index < -0.39 is 6.04 Å². The van der Waals surface area contributed by atoms with Gasteiger partial charge < -0.3 is 10.6 Å². The molecule has 0 aliphatic heterocycles. The van der Waals surface area contributed by atoms with Crippen molar-refractivity contribution < 1.29 is 9.18 Å². The van der Waals surface area contributed by atoms with E-state index in [1.165, 1.54) is 12.1 Å². The Balaban J connectivity index is 2.81. The summed E-state index contributed by atoms with van der Waals surface area (Å²) in [6.45, 7) is 3.53. The Bertz CT molecular complexity index is 362. The Kier molecular flexibility index (Phi) is 4.01. The maximum absolute atomic E-state index is 12.7. The maximum atomic E-state index is 12.7. The zero-order valence-electron chi connectivity index (χ0n) is 9.77. The van der Waals surface area contributed by atoms with E-state index in [0.717, 1.165) is 5.56 Å². The molecule has 0 fully saturated rings. The molecule has 1 rings (SSSR count). The van der Waals surface area contributed by atoms with Crippen LogP contribution >= 0.6 is 0 Å². The normalized spacial score (nSPS) is 14.3. The molecule has 0 heterocycles. The molecular weight excluding hydrogens is 207 g/mol. The summed E-state index contributed by atoms with van der Waals surface area (Å²) in [7, 11) is 1.69. The molecule has 0 saturated carbocycles. The van der Waals surface area contributed by atoms with Crippen molar-refractivity contribution in [2.75, 3.05) is 7.05 Å². The van der Waals surface area contributed by atoms with Crippen LogP contribution in [0.3, 0.4) is 0 Å². The molecular formula is C12H17FN2O. The van der Waals surface area contributed by atoms with Crippen LogP contribution in [0.4, 0.5) is 4.39 Å². The largest absolute Gasteiger partial charge is 0.338 e. The van der Waals surface area contributed by atoms with Crippen LogP contribution in [0.2, 0.25) is 0 Å². The fourth-order valence-corrected chi connectivity index (χ4v) is 1.48. The van der Waals surface area contributed by atoms with Crippen molar-refractivity contribution in [3.8, 4) is 0 Å². The highest BCUT2D eigenvalue weighted by Gasteiger charge is 2.19. The molecule has 2 atom stereocenters. The zero-order chi connectivity index (χ0) is 12.3. The first-order valence-corrected chi connectivity index (χ1v) is 5.21. The third-order valence-electron chi connectivity index (χ3n) is 2.67.